The van der Waals surface area contributed by atoms with Crippen LogP contribution in [-0.2, 0) is 14.3 Å². The molecule has 0 saturated carbocycles. The third-order valence-corrected chi connectivity index (χ3v) is 4.68. The van der Waals surface area contributed by atoms with Crippen molar-refractivity contribution in [1.29, 1.82) is 0 Å². The van der Waals surface area contributed by atoms with Crippen LogP contribution < -0.4 is 10.3 Å². The minimum Gasteiger partial charge on any atom is -0.464 e. The van der Waals surface area contributed by atoms with Crippen molar-refractivity contribution in [3.05, 3.63) is 65.7 Å². The van der Waals surface area contributed by atoms with Gasteiger partial charge in [0.15, 0.2) is 6.04 Å². The molecule has 0 saturated heterocycles. The van der Waals surface area contributed by atoms with E-state index in [1.807, 2.05) is 68.4 Å². The summed E-state index contributed by atoms with van der Waals surface area (Å²) < 4.78 is 5.19. The number of amides is 1. The average Bonchev–Trinajstić information content (AvgIpc) is 3.15. The second-order valence-electron chi connectivity index (χ2n) is 6.80. The molecule has 1 aliphatic rings. The minimum atomic E-state index is -0.643. The lowest BCUT2D eigenvalue weighted by molar-refractivity contribution is -0.144. The zero-order valence-corrected chi connectivity index (χ0v) is 16.4. The van der Waals surface area contributed by atoms with Crippen LogP contribution in [0.3, 0.4) is 0 Å². The summed E-state index contributed by atoms with van der Waals surface area (Å²) in [5.74, 6) is -0.661. The van der Waals surface area contributed by atoms with E-state index in [2.05, 4.69) is 10.4 Å². The van der Waals surface area contributed by atoms with Crippen LogP contribution in [0.2, 0.25) is 0 Å². The maximum Gasteiger partial charge on any atom is 0.331 e. The van der Waals surface area contributed by atoms with Gasteiger partial charge in [0.1, 0.15) is 5.71 Å². The van der Waals surface area contributed by atoms with E-state index in [-0.39, 0.29) is 30.9 Å². The van der Waals surface area contributed by atoms with Gasteiger partial charge in [0.25, 0.3) is 5.91 Å². The van der Waals surface area contributed by atoms with Crippen molar-refractivity contribution in [3.63, 3.8) is 0 Å². The minimum absolute atomic E-state index is 0.161. The summed E-state index contributed by atoms with van der Waals surface area (Å²) in [6.07, 6.45) is 0.208. The fourth-order valence-electron chi connectivity index (χ4n) is 3.11. The monoisotopic (exact) mass is 379 g/mol. The molecular weight excluding hydrogens is 354 g/mol. The number of carbonyl (C=O) groups excluding carboxylic acids is 2. The molecule has 0 fully saturated rings. The van der Waals surface area contributed by atoms with Gasteiger partial charge in [-0.15, -0.1) is 0 Å². The Bertz CT molecular complexity index is 862. The molecular formula is C22H25N3O3. The zero-order chi connectivity index (χ0) is 20.1. The van der Waals surface area contributed by atoms with Crippen LogP contribution in [0.1, 0.15) is 37.4 Å². The molecule has 0 aromatic heterocycles. The summed E-state index contributed by atoms with van der Waals surface area (Å²) in [6.45, 7) is 5.95. The molecule has 0 aliphatic carbocycles. The Labute approximate surface area is 165 Å². The van der Waals surface area contributed by atoms with Gasteiger partial charge >= 0.3 is 5.97 Å². The van der Waals surface area contributed by atoms with Gasteiger partial charge in [-0.1, -0.05) is 48.0 Å². The first-order valence-corrected chi connectivity index (χ1v) is 9.45. The van der Waals surface area contributed by atoms with Crippen LogP contribution >= 0.6 is 0 Å². The van der Waals surface area contributed by atoms with E-state index in [0.717, 1.165) is 16.8 Å². The van der Waals surface area contributed by atoms with E-state index in [0.29, 0.717) is 5.71 Å². The second kappa shape index (κ2) is 8.69. The number of rotatable bonds is 6. The molecule has 2 atom stereocenters. The van der Waals surface area contributed by atoms with Crippen molar-refractivity contribution in [2.45, 2.75) is 39.3 Å². The summed E-state index contributed by atoms with van der Waals surface area (Å²) in [5.41, 5.74) is 3.19. The lowest BCUT2D eigenvalue weighted by Crippen LogP contribution is -2.37. The van der Waals surface area contributed by atoms with Gasteiger partial charge in [0.05, 0.1) is 18.3 Å². The van der Waals surface area contributed by atoms with Crippen molar-refractivity contribution in [1.82, 2.24) is 5.32 Å². The van der Waals surface area contributed by atoms with Crippen molar-refractivity contribution < 1.29 is 14.3 Å². The van der Waals surface area contributed by atoms with Crippen molar-refractivity contribution in [2.24, 2.45) is 5.10 Å². The first kappa shape index (κ1) is 19.6. The molecule has 6 heteroatoms. The average molecular weight is 379 g/mol. The van der Waals surface area contributed by atoms with Crippen LogP contribution in [0.25, 0.3) is 0 Å². The first-order chi connectivity index (χ1) is 13.5. The molecule has 1 aliphatic heterocycles. The largest absolute Gasteiger partial charge is 0.464 e. The van der Waals surface area contributed by atoms with Crippen LogP contribution in [0.15, 0.2) is 59.7 Å². The first-order valence-electron chi connectivity index (χ1n) is 9.45. The molecule has 0 spiro atoms. The molecule has 6 nitrogen and oxygen atoms in total. The molecule has 28 heavy (non-hydrogen) atoms. The van der Waals surface area contributed by atoms with E-state index in [4.69, 9.17) is 4.74 Å². The highest BCUT2D eigenvalue weighted by Gasteiger charge is 2.37. The third kappa shape index (κ3) is 4.39. The van der Waals surface area contributed by atoms with E-state index >= 15 is 0 Å². The van der Waals surface area contributed by atoms with Crippen molar-refractivity contribution in [3.8, 4) is 0 Å². The fraction of sp³-hybridized carbons (Fsp3) is 0.318. The van der Waals surface area contributed by atoms with E-state index in [1.54, 1.807) is 11.9 Å². The molecule has 3 rings (SSSR count). The van der Waals surface area contributed by atoms with Crippen LogP contribution in [-0.4, -0.2) is 30.2 Å². The van der Waals surface area contributed by atoms with Gasteiger partial charge in [-0.2, -0.15) is 5.10 Å². The highest BCUT2D eigenvalue weighted by atomic mass is 16.5. The summed E-state index contributed by atoms with van der Waals surface area (Å²) in [7, 11) is 0. The third-order valence-electron chi connectivity index (χ3n) is 4.68. The number of aryl methyl sites for hydroxylation is 1. The number of anilines is 1. The maximum absolute atomic E-state index is 12.8. The predicted octanol–water partition coefficient (Wildman–Crippen LogP) is 3.37. The molecule has 146 valence electrons. The number of benzene rings is 2. The van der Waals surface area contributed by atoms with E-state index in [9.17, 15) is 9.59 Å². The molecule has 2 aromatic carbocycles. The SMILES string of the molecule is CCOC(=O)[C@@H]1CC(C(=O)N[C@@H](C)c2ccccc2)=NN1c1ccc(C)cc1. The Hall–Kier alpha value is -3.15. The lowest BCUT2D eigenvalue weighted by atomic mass is 10.1. The van der Waals surface area contributed by atoms with Gasteiger partial charge < -0.3 is 10.1 Å². The summed E-state index contributed by atoms with van der Waals surface area (Å²) in [4.78, 5) is 25.2. The van der Waals surface area contributed by atoms with Crippen LogP contribution in [0, 0.1) is 6.92 Å². The molecule has 0 bridgehead atoms. The zero-order valence-electron chi connectivity index (χ0n) is 16.4. The molecule has 0 unspecified atom stereocenters. The maximum atomic E-state index is 12.8. The lowest BCUT2D eigenvalue weighted by Gasteiger charge is -2.21. The molecule has 1 N–H and O–H groups in total. The standard InChI is InChI=1S/C22H25N3O3/c1-4-28-22(27)20-14-19(24-25(20)18-12-10-15(2)11-13-18)21(26)23-16(3)17-8-6-5-7-9-17/h5-13,16,20H,4,14H2,1-3H3,(H,23,26)/t16-,20-/m0/s1. The smallest absolute Gasteiger partial charge is 0.331 e. The molecule has 0 radical (unpaired) electrons. The Morgan fingerprint density at radius 2 is 1.86 bits per heavy atom. The number of nitrogens with zero attached hydrogens (tertiary/aromatic N) is 2. The number of hydrogen-bond acceptors (Lipinski definition) is 5. The van der Waals surface area contributed by atoms with E-state index in [1.165, 1.54) is 0 Å². The number of esters is 1. The number of hydrogen-bond donors (Lipinski definition) is 1. The van der Waals surface area contributed by atoms with Gasteiger partial charge in [0, 0.05) is 6.42 Å². The molecule has 1 amide bonds. The Morgan fingerprint density at radius 1 is 1.18 bits per heavy atom. The van der Waals surface area contributed by atoms with Crippen LogP contribution in [0.5, 0.6) is 0 Å². The quantitative estimate of drug-likeness (QED) is 0.781. The van der Waals surface area contributed by atoms with Gasteiger partial charge in [-0.3, -0.25) is 9.80 Å². The number of ether oxygens (including phenoxy) is 1. The Kier molecular flexibility index (Phi) is 6.09. The summed E-state index contributed by atoms with van der Waals surface area (Å²) in [6, 6.07) is 16.6. The summed E-state index contributed by atoms with van der Waals surface area (Å²) >= 11 is 0. The van der Waals surface area contributed by atoms with Gasteiger partial charge in [-0.25, -0.2) is 4.79 Å². The second-order valence-corrected chi connectivity index (χ2v) is 6.80. The van der Waals surface area contributed by atoms with Gasteiger partial charge in [-0.05, 0) is 38.5 Å². The number of carbonyl (C=O) groups is 2. The number of hydrazone groups is 1. The van der Waals surface area contributed by atoms with Crippen LogP contribution in [0.4, 0.5) is 5.69 Å². The van der Waals surface area contributed by atoms with E-state index < -0.39 is 6.04 Å². The highest BCUT2D eigenvalue weighted by molar-refractivity contribution is 6.40. The molecule has 2 aromatic rings. The van der Waals surface area contributed by atoms with Gasteiger partial charge in [0.2, 0.25) is 0 Å². The Morgan fingerprint density at radius 3 is 2.50 bits per heavy atom. The van der Waals surface area contributed by atoms with Crippen molar-refractivity contribution in [2.75, 3.05) is 11.6 Å². The Balaban J connectivity index is 1.80. The predicted molar refractivity (Wildman–Crippen MR) is 109 cm³/mol. The normalized spacial score (nSPS) is 17.0. The molecule has 1 heterocycles. The fourth-order valence-corrected chi connectivity index (χ4v) is 3.11. The highest BCUT2D eigenvalue weighted by Crippen LogP contribution is 2.26. The van der Waals surface area contributed by atoms with Crippen molar-refractivity contribution >= 4 is 23.3 Å². The topological polar surface area (TPSA) is 71.0 Å². The summed E-state index contributed by atoms with van der Waals surface area (Å²) in [5, 5.41) is 9.00. The number of nitrogens with one attached hydrogen (secondary N) is 1.